The number of fused-ring (bicyclic) bond motifs is 1. The second-order valence-electron chi connectivity index (χ2n) is 6.85. The molecular formula is C22H18F2N4O. The summed E-state index contributed by atoms with van der Waals surface area (Å²) < 4.78 is 27.9. The molecule has 146 valence electrons. The Hall–Kier alpha value is -3.61. The summed E-state index contributed by atoms with van der Waals surface area (Å²) in [5, 5.41) is 0.446. The number of pyridine rings is 1. The van der Waals surface area contributed by atoms with Crippen molar-refractivity contribution in [1.29, 1.82) is 0 Å². The zero-order chi connectivity index (χ0) is 20.4. The van der Waals surface area contributed by atoms with E-state index in [2.05, 4.69) is 21.0 Å². The van der Waals surface area contributed by atoms with Crippen LogP contribution in [0.15, 0.2) is 65.8 Å². The number of nitrogens with one attached hydrogen (secondary N) is 1. The highest BCUT2D eigenvalue weighted by atomic mass is 19.2. The first kappa shape index (κ1) is 18.7. The van der Waals surface area contributed by atoms with E-state index in [1.54, 1.807) is 18.6 Å². The SMILES string of the molecule is Cc1cccc(CN(Cc2cc(=O)[nH]c3c(F)c(F)ccc23)c2cnccn2)c1. The van der Waals surface area contributed by atoms with Gasteiger partial charge in [-0.2, -0.15) is 0 Å². The average Bonchev–Trinajstić information content (AvgIpc) is 2.71. The van der Waals surface area contributed by atoms with Crippen LogP contribution in [0.4, 0.5) is 14.6 Å². The zero-order valence-electron chi connectivity index (χ0n) is 15.7. The first-order valence-corrected chi connectivity index (χ1v) is 9.07. The van der Waals surface area contributed by atoms with Gasteiger partial charge in [0, 0.05) is 36.9 Å². The summed E-state index contributed by atoms with van der Waals surface area (Å²) in [5.74, 6) is -1.45. The van der Waals surface area contributed by atoms with Gasteiger partial charge in [-0.15, -0.1) is 0 Å². The molecule has 0 spiro atoms. The lowest BCUT2D eigenvalue weighted by molar-refractivity contribution is 0.515. The van der Waals surface area contributed by atoms with Crippen molar-refractivity contribution in [3.63, 3.8) is 0 Å². The van der Waals surface area contributed by atoms with E-state index < -0.39 is 17.2 Å². The molecule has 0 saturated carbocycles. The van der Waals surface area contributed by atoms with Gasteiger partial charge in [0.25, 0.3) is 0 Å². The maximum absolute atomic E-state index is 14.2. The van der Waals surface area contributed by atoms with Gasteiger partial charge in [-0.05, 0) is 30.2 Å². The number of aromatic nitrogens is 3. The standard InChI is InChI=1S/C22H18F2N4O/c1-14-3-2-4-15(9-14)12-28(19-11-25-7-8-26-19)13-16-10-20(29)27-22-17(16)5-6-18(23)21(22)24/h2-11H,12-13H2,1H3,(H,27,29). The fourth-order valence-electron chi connectivity index (χ4n) is 3.38. The molecule has 0 saturated heterocycles. The lowest BCUT2D eigenvalue weighted by Gasteiger charge is -2.24. The van der Waals surface area contributed by atoms with E-state index in [9.17, 15) is 13.6 Å². The first-order chi connectivity index (χ1) is 14.0. The highest BCUT2D eigenvalue weighted by molar-refractivity contribution is 5.82. The van der Waals surface area contributed by atoms with Gasteiger partial charge < -0.3 is 9.88 Å². The van der Waals surface area contributed by atoms with Crippen LogP contribution in [0.5, 0.6) is 0 Å². The number of hydrogen-bond acceptors (Lipinski definition) is 4. The van der Waals surface area contributed by atoms with Crippen molar-refractivity contribution in [2.45, 2.75) is 20.0 Å². The normalized spacial score (nSPS) is 11.0. The number of rotatable bonds is 5. The first-order valence-electron chi connectivity index (χ1n) is 9.07. The van der Waals surface area contributed by atoms with Crippen molar-refractivity contribution < 1.29 is 8.78 Å². The highest BCUT2D eigenvalue weighted by Crippen LogP contribution is 2.24. The summed E-state index contributed by atoms with van der Waals surface area (Å²) >= 11 is 0. The second kappa shape index (κ2) is 7.79. The molecule has 4 rings (SSSR count). The molecule has 1 N–H and O–H groups in total. The monoisotopic (exact) mass is 392 g/mol. The Morgan fingerprint density at radius 2 is 1.93 bits per heavy atom. The molecule has 0 aliphatic carbocycles. The Morgan fingerprint density at radius 3 is 2.69 bits per heavy atom. The van der Waals surface area contributed by atoms with E-state index in [-0.39, 0.29) is 12.1 Å². The summed E-state index contributed by atoms with van der Waals surface area (Å²) in [6.07, 6.45) is 4.80. The van der Waals surface area contributed by atoms with E-state index in [4.69, 9.17) is 0 Å². The number of anilines is 1. The van der Waals surface area contributed by atoms with Crippen molar-refractivity contribution in [2.24, 2.45) is 0 Å². The van der Waals surface area contributed by atoms with Crippen LogP contribution in [0, 0.1) is 18.6 Å². The predicted molar refractivity (Wildman–Crippen MR) is 108 cm³/mol. The molecule has 2 heterocycles. The summed E-state index contributed by atoms with van der Waals surface area (Å²) in [6.45, 7) is 2.80. The lowest BCUT2D eigenvalue weighted by atomic mass is 10.1. The molecule has 2 aromatic carbocycles. The van der Waals surface area contributed by atoms with E-state index in [0.29, 0.717) is 23.3 Å². The number of aryl methyl sites for hydroxylation is 1. The average molecular weight is 392 g/mol. The maximum Gasteiger partial charge on any atom is 0.248 e. The molecule has 4 aromatic rings. The Morgan fingerprint density at radius 1 is 1.07 bits per heavy atom. The molecule has 0 unspecified atom stereocenters. The predicted octanol–water partition coefficient (Wildman–Crippen LogP) is 4.11. The number of H-pyrrole nitrogens is 1. The summed E-state index contributed by atoms with van der Waals surface area (Å²) in [4.78, 5) is 24.9. The van der Waals surface area contributed by atoms with Crippen LogP contribution in [-0.2, 0) is 13.1 Å². The topological polar surface area (TPSA) is 61.9 Å². The molecule has 0 aliphatic heterocycles. The van der Waals surface area contributed by atoms with Gasteiger partial charge in [0.05, 0.1) is 11.7 Å². The van der Waals surface area contributed by atoms with Gasteiger partial charge >= 0.3 is 0 Å². The third kappa shape index (κ3) is 3.99. The summed E-state index contributed by atoms with van der Waals surface area (Å²) in [5.41, 5.74) is 2.12. The molecule has 29 heavy (non-hydrogen) atoms. The van der Waals surface area contributed by atoms with E-state index in [1.807, 2.05) is 30.0 Å². The number of aromatic amines is 1. The van der Waals surface area contributed by atoms with Gasteiger partial charge in [-0.25, -0.2) is 13.8 Å². The largest absolute Gasteiger partial charge is 0.347 e. The van der Waals surface area contributed by atoms with Crippen LogP contribution in [0.3, 0.4) is 0 Å². The fourth-order valence-corrected chi connectivity index (χ4v) is 3.38. The quantitative estimate of drug-likeness (QED) is 0.555. The Balaban J connectivity index is 1.79. The minimum Gasteiger partial charge on any atom is -0.347 e. The van der Waals surface area contributed by atoms with Crippen LogP contribution >= 0.6 is 0 Å². The Bertz CT molecular complexity index is 1220. The Labute approximate surface area is 165 Å². The maximum atomic E-state index is 14.2. The van der Waals surface area contributed by atoms with Gasteiger partial charge in [0.15, 0.2) is 11.6 Å². The van der Waals surface area contributed by atoms with Crippen molar-refractivity contribution in [2.75, 3.05) is 4.90 Å². The fraction of sp³-hybridized carbons (Fsp3) is 0.136. The number of benzene rings is 2. The van der Waals surface area contributed by atoms with Crippen molar-refractivity contribution in [3.8, 4) is 0 Å². The summed E-state index contributed by atoms with van der Waals surface area (Å²) in [6, 6.07) is 12.0. The molecule has 0 aliphatic rings. The third-order valence-electron chi connectivity index (χ3n) is 4.68. The van der Waals surface area contributed by atoms with Crippen molar-refractivity contribution in [1.82, 2.24) is 15.0 Å². The molecule has 0 amide bonds. The highest BCUT2D eigenvalue weighted by Gasteiger charge is 2.16. The minimum absolute atomic E-state index is 0.137. The van der Waals surface area contributed by atoms with Crippen molar-refractivity contribution >= 4 is 16.7 Å². The van der Waals surface area contributed by atoms with Crippen LogP contribution in [0.25, 0.3) is 10.9 Å². The Kier molecular flexibility index (Phi) is 5.03. The molecular weight excluding hydrogens is 374 g/mol. The molecule has 2 aromatic heterocycles. The van der Waals surface area contributed by atoms with E-state index in [1.165, 1.54) is 12.1 Å². The summed E-state index contributed by atoms with van der Waals surface area (Å²) in [7, 11) is 0. The van der Waals surface area contributed by atoms with Crippen LogP contribution < -0.4 is 10.5 Å². The minimum atomic E-state index is -1.06. The van der Waals surface area contributed by atoms with Gasteiger partial charge in [-0.1, -0.05) is 29.8 Å². The van der Waals surface area contributed by atoms with Gasteiger partial charge in [0.1, 0.15) is 5.82 Å². The van der Waals surface area contributed by atoms with Crippen molar-refractivity contribution in [3.05, 3.63) is 99.7 Å². The van der Waals surface area contributed by atoms with Crippen LogP contribution in [0.1, 0.15) is 16.7 Å². The number of hydrogen-bond donors (Lipinski definition) is 1. The third-order valence-corrected chi connectivity index (χ3v) is 4.68. The smallest absolute Gasteiger partial charge is 0.248 e. The molecule has 0 radical (unpaired) electrons. The number of nitrogens with zero attached hydrogens (tertiary/aromatic N) is 3. The number of halogens is 2. The molecule has 0 fully saturated rings. The van der Waals surface area contributed by atoms with E-state index in [0.717, 1.165) is 17.2 Å². The molecule has 5 nitrogen and oxygen atoms in total. The lowest BCUT2D eigenvalue weighted by Crippen LogP contribution is -2.24. The van der Waals surface area contributed by atoms with Crippen LogP contribution in [0.2, 0.25) is 0 Å². The molecule has 0 bridgehead atoms. The van der Waals surface area contributed by atoms with Gasteiger partial charge in [0.2, 0.25) is 5.56 Å². The van der Waals surface area contributed by atoms with Crippen LogP contribution in [-0.4, -0.2) is 15.0 Å². The molecule has 0 atom stereocenters. The second-order valence-corrected chi connectivity index (χ2v) is 6.85. The zero-order valence-corrected chi connectivity index (χ0v) is 15.7. The van der Waals surface area contributed by atoms with E-state index >= 15 is 0 Å². The molecule has 7 heteroatoms. The van der Waals surface area contributed by atoms with Gasteiger partial charge in [-0.3, -0.25) is 9.78 Å².